The SMILES string of the molecule is CCCNC(=O)/C=C/c1c(Cl)nc2ccccn12. The molecule has 18 heavy (non-hydrogen) atoms. The van der Waals surface area contributed by atoms with Gasteiger partial charge in [-0.25, -0.2) is 4.98 Å². The molecule has 2 aromatic heterocycles. The maximum atomic E-state index is 11.5. The number of nitrogens with one attached hydrogen (secondary N) is 1. The molecule has 2 rings (SSSR count). The van der Waals surface area contributed by atoms with Crippen LogP contribution in [0.2, 0.25) is 5.15 Å². The number of imidazole rings is 1. The van der Waals surface area contributed by atoms with E-state index in [-0.39, 0.29) is 5.91 Å². The number of nitrogens with zero attached hydrogens (tertiary/aromatic N) is 2. The summed E-state index contributed by atoms with van der Waals surface area (Å²) in [6, 6.07) is 5.64. The van der Waals surface area contributed by atoms with Gasteiger partial charge in [-0.1, -0.05) is 24.6 Å². The summed E-state index contributed by atoms with van der Waals surface area (Å²) in [5.74, 6) is -0.126. The smallest absolute Gasteiger partial charge is 0.244 e. The van der Waals surface area contributed by atoms with Crippen molar-refractivity contribution in [2.75, 3.05) is 6.54 Å². The average Bonchev–Trinajstić information content (AvgIpc) is 2.69. The summed E-state index contributed by atoms with van der Waals surface area (Å²) in [5, 5.41) is 3.15. The number of hydrogen-bond donors (Lipinski definition) is 1. The Balaban J connectivity index is 2.23. The van der Waals surface area contributed by atoms with Crippen molar-refractivity contribution < 1.29 is 4.79 Å². The van der Waals surface area contributed by atoms with Crippen molar-refractivity contribution in [2.45, 2.75) is 13.3 Å². The zero-order valence-corrected chi connectivity index (χ0v) is 10.8. The van der Waals surface area contributed by atoms with Crippen molar-refractivity contribution >= 4 is 29.2 Å². The van der Waals surface area contributed by atoms with Gasteiger partial charge in [-0.15, -0.1) is 0 Å². The number of fused-ring (bicyclic) bond motifs is 1. The zero-order valence-electron chi connectivity index (χ0n) is 10.1. The largest absolute Gasteiger partial charge is 0.353 e. The fraction of sp³-hybridized carbons (Fsp3) is 0.231. The summed E-state index contributed by atoms with van der Waals surface area (Å²) in [7, 11) is 0. The van der Waals surface area contributed by atoms with E-state index in [4.69, 9.17) is 11.6 Å². The molecule has 0 unspecified atom stereocenters. The normalized spacial score (nSPS) is 11.2. The molecule has 5 heteroatoms. The van der Waals surface area contributed by atoms with Gasteiger partial charge >= 0.3 is 0 Å². The Kier molecular flexibility index (Phi) is 3.99. The molecule has 1 amide bonds. The molecule has 0 bridgehead atoms. The molecular weight excluding hydrogens is 250 g/mol. The van der Waals surface area contributed by atoms with Crippen LogP contribution < -0.4 is 5.32 Å². The highest BCUT2D eigenvalue weighted by Crippen LogP contribution is 2.18. The van der Waals surface area contributed by atoms with Crippen LogP contribution in [-0.4, -0.2) is 21.8 Å². The predicted molar refractivity (Wildman–Crippen MR) is 72.5 cm³/mol. The van der Waals surface area contributed by atoms with Crippen LogP contribution >= 0.6 is 11.6 Å². The van der Waals surface area contributed by atoms with Gasteiger partial charge in [0.1, 0.15) is 5.65 Å². The quantitative estimate of drug-likeness (QED) is 0.862. The fourth-order valence-corrected chi connectivity index (χ4v) is 1.84. The second kappa shape index (κ2) is 5.69. The summed E-state index contributed by atoms with van der Waals surface area (Å²) in [5.41, 5.74) is 1.47. The van der Waals surface area contributed by atoms with Gasteiger partial charge in [0.2, 0.25) is 5.91 Å². The zero-order chi connectivity index (χ0) is 13.0. The molecule has 0 aromatic carbocycles. The van der Waals surface area contributed by atoms with Gasteiger partial charge in [-0.05, 0) is 24.6 Å². The highest BCUT2D eigenvalue weighted by atomic mass is 35.5. The molecule has 0 fully saturated rings. The molecule has 0 aliphatic rings. The molecule has 2 aromatic rings. The standard InChI is InChI=1S/C13H14ClN3O/c1-2-8-15-12(18)7-6-10-13(14)16-11-5-3-4-9-17(10)11/h3-7,9H,2,8H2,1H3,(H,15,18)/b7-6+. The Hall–Kier alpha value is -1.81. The molecule has 0 atom stereocenters. The first kappa shape index (κ1) is 12.6. The minimum absolute atomic E-state index is 0.126. The van der Waals surface area contributed by atoms with Crippen molar-refractivity contribution in [3.63, 3.8) is 0 Å². The number of aromatic nitrogens is 2. The highest BCUT2D eigenvalue weighted by molar-refractivity contribution is 6.31. The topological polar surface area (TPSA) is 46.4 Å². The van der Waals surface area contributed by atoms with Gasteiger partial charge < -0.3 is 5.32 Å². The van der Waals surface area contributed by atoms with Crippen LogP contribution in [0.5, 0.6) is 0 Å². The number of hydrogen-bond acceptors (Lipinski definition) is 2. The molecule has 2 heterocycles. The first-order valence-electron chi connectivity index (χ1n) is 5.81. The molecular formula is C13H14ClN3O. The van der Waals surface area contributed by atoms with E-state index < -0.39 is 0 Å². The lowest BCUT2D eigenvalue weighted by molar-refractivity contribution is -0.116. The molecule has 0 saturated heterocycles. The lowest BCUT2D eigenvalue weighted by Crippen LogP contribution is -2.21. The number of rotatable bonds is 4. The van der Waals surface area contributed by atoms with Gasteiger partial charge in [0.25, 0.3) is 0 Å². The molecule has 94 valence electrons. The second-order valence-electron chi connectivity index (χ2n) is 3.84. The highest BCUT2D eigenvalue weighted by Gasteiger charge is 2.06. The van der Waals surface area contributed by atoms with Crippen molar-refractivity contribution in [1.82, 2.24) is 14.7 Å². The van der Waals surface area contributed by atoms with Gasteiger partial charge in [-0.3, -0.25) is 9.20 Å². The first-order chi connectivity index (χ1) is 8.72. The Morgan fingerprint density at radius 3 is 3.17 bits per heavy atom. The van der Waals surface area contributed by atoms with Gasteiger partial charge in [0, 0.05) is 18.8 Å². The molecule has 4 nitrogen and oxygen atoms in total. The third-order valence-electron chi connectivity index (χ3n) is 2.46. The Bertz CT molecular complexity index is 589. The maximum absolute atomic E-state index is 11.5. The molecule has 0 aliphatic carbocycles. The first-order valence-corrected chi connectivity index (χ1v) is 6.18. The molecule has 0 saturated carbocycles. The molecule has 1 N–H and O–H groups in total. The van der Waals surface area contributed by atoms with Crippen LogP contribution in [0, 0.1) is 0 Å². The summed E-state index contributed by atoms with van der Waals surface area (Å²) in [6.45, 7) is 2.68. The minimum Gasteiger partial charge on any atom is -0.353 e. The summed E-state index contributed by atoms with van der Waals surface area (Å²) >= 11 is 6.04. The van der Waals surface area contributed by atoms with Crippen molar-refractivity contribution in [2.24, 2.45) is 0 Å². The monoisotopic (exact) mass is 263 g/mol. The van der Waals surface area contributed by atoms with E-state index in [9.17, 15) is 4.79 Å². The van der Waals surface area contributed by atoms with Crippen LogP contribution in [0.4, 0.5) is 0 Å². The average molecular weight is 264 g/mol. The Morgan fingerprint density at radius 1 is 1.56 bits per heavy atom. The summed E-state index contributed by atoms with van der Waals surface area (Å²) < 4.78 is 1.84. The van der Waals surface area contributed by atoms with E-state index in [1.807, 2.05) is 35.7 Å². The van der Waals surface area contributed by atoms with Gasteiger partial charge in [-0.2, -0.15) is 0 Å². The summed E-state index contributed by atoms with van der Waals surface area (Å²) in [6.07, 6.45) is 5.92. The van der Waals surface area contributed by atoms with Crippen LogP contribution in [0.25, 0.3) is 11.7 Å². The predicted octanol–water partition coefficient (Wildman–Crippen LogP) is 2.53. The van der Waals surface area contributed by atoms with Gasteiger partial charge in [0.15, 0.2) is 5.15 Å². The fourth-order valence-electron chi connectivity index (χ4n) is 1.60. The number of halogens is 1. The molecule has 0 radical (unpaired) electrons. The van der Waals surface area contributed by atoms with Crippen LogP contribution in [0.1, 0.15) is 19.0 Å². The van der Waals surface area contributed by atoms with E-state index in [0.29, 0.717) is 17.4 Å². The van der Waals surface area contributed by atoms with E-state index in [0.717, 1.165) is 12.1 Å². The minimum atomic E-state index is -0.126. The Morgan fingerprint density at radius 2 is 2.39 bits per heavy atom. The third-order valence-corrected chi connectivity index (χ3v) is 2.74. The van der Waals surface area contributed by atoms with Crippen molar-refractivity contribution in [3.05, 3.63) is 41.3 Å². The second-order valence-corrected chi connectivity index (χ2v) is 4.20. The third kappa shape index (κ3) is 2.71. The molecule has 0 aliphatic heterocycles. The lowest BCUT2D eigenvalue weighted by Gasteiger charge is -1.98. The van der Waals surface area contributed by atoms with E-state index in [1.54, 1.807) is 6.08 Å². The summed E-state index contributed by atoms with van der Waals surface area (Å²) in [4.78, 5) is 15.7. The number of amides is 1. The maximum Gasteiger partial charge on any atom is 0.244 e. The van der Waals surface area contributed by atoms with E-state index in [1.165, 1.54) is 6.08 Å². The van der Waals surface area contributed by atoms with Crippen molar-refractivity contribution in [3.8, 4) is 0 Å². The van der Waals surface area contributed by atoms with E-state index in [2.05, 4.69) is 10.3 Å². The number of carbonyl (C=O) groups excluding carboxylic acids is 1. The van der Waals surface area contributed by atoms with Gasteiger partial charge in [0.05, 0.1) is 5.69 Å². The van der Waals surface area contributed by atoms with Crippen LogP contribution in [0.3, 0.4) is 0 Å². The number of pyridine rings is 1. The van der Waals surface area contributed by atoms with Crippen molar-refractivity contribution in [1.29, 1.82) is 0 Å². The van der Waals surface area contributed by atoms with Crippen LogP contribution in [-0.2, 0) is 4.79 Å². The van der Waals surface area contributed by atoms with Crippen LogP contribution in [0.15, 0.2) is 30.5 Å². The Labute approximate surface area is 110 Å². The number of carbonyl (C=O) groups is 1. The van der Waals surface area contributed by atoms with E-state index >= 15 is 0 Å². The lowest BCUT2D eigenvalue weighted by atomic mass is 10.3. The molecule has 0 spiro atoms.